The Kier molecular flexibility index (Phi) is 9.47. The number of fused-ring (bicyclic) bond motifs is 3. The summed E-state index contributed by atoms with van der Waals surface area (Å²) >= 11 is 0. The van der Waals surface area contributed by atoms with Crippen molar-refractivity contribution in [2.45, 2.75) is 25.9 Å². The van der Waals surface area contributed by atoms with Gasteiger partial charge in [-0.15, -0.1) is 0 Å². The van der Waals surface area contributed by atoms with E-state index >= 15 is 0 Å². The lowest BCUT2D eigenvalue weighted by molar-refractivity contribution is -0.135. The molecule has 1 saturated heterocycles. The smallest absolute Gasteiger partial charge is 0.236 e. The second-order valence-electron chi connectivity index (χ2n) is 9.45. The highest BCUT2D eigenvalue weighted by molar-refractivity contribution is 5.79. The fourth-order valence-electron chi connectivity index (χ4n) is 4.92. The molecule has 2 atom stereocenters. The highest BCUT2D eigenvalue weighted by atomic mass is 16.5. The van der Waals surface area contributed by atoms with Crippen LogP contribution in [0, 0.1) is 11.8 Å². The second-order valence-corrected chi connectivity index (χ2v) is 9.45. The van der Waals surface area contributed by atoms with Crippen LogP contribution >= 0.6 is 0 Å². The summed E-state index contributed by atoms with van der Waals surface area (Å²) in [5, 5.41) is 2.93. The predicted octanol–water partition coefficient (Wildman–Crippen LogP) is 2.65. The van der Waals surface area contributed by atoms with Gasteiger partial charge in [-0.2, -0.15) is 0 Å². The Hall–Kier alpha value is -3.23. The molecule has 8 nitrogen and oxygen atoms in total. The lowest BCUT2D eigenvalue weighted by atomic mass is 9.82. The Morgan fingerprint density at radius 3 is 2.94 bits per heavy atom. The minimum absolute atomic E-state index is 0.0287. The number of amides is 2. The number of hydrogen-bond donors (Lipinski definition) is 1. The summed E-state index contributed by atoms with van der Waals surface area (Å²) < 4.78 is 11.2. The zero-order valence-corrected chi connectivity index (χ0v) is 21.0. The maximum Gasteiger partial charge on any atom is 0.236 e. The van der Waals surface area contributed by atoms with Crippen molar-refractivity contribution in [1.82, 2.24) is 20.1 Å². The number of nitrogens with one attached hydrogen (secondary N) is 1. The number of ether oxygens (including phenoxy) is 2. The molecule has 0 saturated carbocycles. The van der Waals surface area contributed by atoms with Crippen LogP contribution < -0.4 is 10.1 Å². The molecular formula is C28H36N4O4. The topological polar surface area (TPSA) is 84.0 Å². The van der Waals surface area contributed by atoms with Crippen LogP contribution in [0.15, 0.2) is 60.9 Å². The number of carbonyl (C=O) groups is 2. The van der Waals surface area contributed by atoms with Gasteiger partial charge in [0.15, 0.2) is 0 Å². The van der Waals surface area contributed by atoms with Crippen molar-refractivity contribution in [3.63, 3.8) is 0 Å². The number of methoxy groups -OCH3 is 1. The zero-order chi connectivity index (χ0) is 25.2. The summed E-state index contributed by atoms with van der Waals surface area (Å²) in [7, 11) is 1.62. The van der Waals surface area contributed by atoms with Crippen LogP contribution in [-0.2, 0) is 27.4 Å². The molecule has 192 valence electrons. The average Bonchev–Trinajstić information content (AvgIpc) is 2.89. The molecule has 1 N–H and O–H groups in total. The SMILES string of the molecule is COCCNC(=O)C[C@@H]1CCN2C[C@@H]1C=CCOc1ccccc1CN(Cc1cccnc1)CC2=O. The molecule has 2 aromatic rings. The minimum Gasteiger partial charge on any atom is -0.489 e. The first-order valence-electron chi connectivity index (χ1n) is 12.6. The standard InChI is InChI=1S/C28H36N4O4/c1-35-15-12-30-27(33)16-23-10-13-32-20-24(23)8-5-14-36-26-9-3-2-7-25(26)19-31(21-28(32)34)18-22-6-4-11-29-17-22/h2-9,11,17,23-24H,10,12-16,18-21H2,1H3,(H,30,33)/t23-,24-/m0/s1. The summed E-state index contributed by atoms with van der Waals surface area (Å²) in [5.41, 5.74) is 2.11. The number of pyridine rings is 1. The number of rotatable bonds is 7. The molecule has 3 heterocycles. The van der Waals surface area contributed by atoms with E-state index in [1.807, 2.05) is 47.5 Å². The number of carbonyl (C=O) groups excluding carboxylic acids is 2. The molecule has 2 amide bonds. The monoisotopic (exact) mass is 492 g/mol. The quantitative estimate of drug-likeness (QED) is 0.473. The Morgan fingerprint density at radius 2 is 2.11 bits per heavy atom. The number of piperidine rings is 1. The van der Waals surface area contributed by atoms with Crippen molar-refractivity contribution >= 4 is 11.8 Å². The molecule has 8 heteroatoms. The molecule has 1 aromatic heterocycles. The molecular weight excluding hydrogens is 456 g/mol. The van der Waals surface area contributed by atoms with Crippen molar-refractivity contribution in [2.75, 3.05) is 46.5 Å². The predicted molar refractivity (Wildman–Crippen MR) is 137 cm³/mol. The third-order valence-electron chi connectivity index (χ3n) is 6.81. The number of aromatic nitrogens is 1. The molecule has 0 radical (unpaired) electrons. The van der Waals surface area contributed by atoms with E-state index in [9.17, 15) is 9.59 Å². The summed E-state index contributed by atoms with van der Waals surface area (Å²) in [5.74, 6) is 1.24. The maximum absolute atomic E-state index is 13.5. The average molecular weight is 493 g/mol. The van der Waals surface area contributed by atoms with Crippen LogP contribution in [0.5, 0.6) is 5.75 Å². The van der Waals surface area contributed by atoms with Gasteiger partial charge in [-0.25, -0.2) is 0 Å². The van der Waals surface area contributed by atoms with Gasteiger partial charge in [-0.1, -0.05) is 36.4 Å². The van der Waals surface area contributed by atoms with Gasteiger partial charge in [0.25, 0.3) is 0 Å². The summed E-state index contributed by atoms with van der Waals surface area (Å²) in [6.45, 7) is 4.24. The number of benzene rings is 1. The van der Waals surface area contributed by atoms with E-state index in [2.05, 4.69) is 27.3 Å². The molecule has 0 spiro atoms. The Bertz CT molecular complexity index is 1030. The lowest BCUT2D eigenvalue weighted by Crippen LogP contribution is -2.47. The van der Waals surface area contributed by atoms with Crippen LogP contribution in [0.3, 0.4) is 0 Å². The van der Waals surface area contributed by atoms with Gasteiger partial charge in [0.1, 0.15) is 12.4 Å². The Balaban J connectivity index is 1.52. The largest absolute Gasteiger partial charge is 0.489 e. The van der Waals surface area contributed by atoms with Crippen molar-refractivity contribution in [3.05, 3.63) is 72.1 Å². The van der Waals surface area contributed by atoms with Gasteiger partial charge >= 0.3 is 0 Å². The second kappa shape index (κ2) is 13.2. The molecule has 2 aliphatic heterocycles. The highest BCUT2D eigenvalue weighted by Gasteiger charge is 2.32. The van der Waals surface area contributed by atoms with Crippen molar-refractivity contribution < 1.29 is 19.1 Å². The summed E-state index contributed by atoms with van der Waals surface area (Å²) in [4.78, 5) is 34.3. The summed E-state index contributed by atoms with van der Waals surface area (Å²) in [6.07, 6.45) is 8.99. The van der Waals surface area contributed by atoms with Crippen molar-refractivity contribution in [2.24, 2.45) is 11.8 Å². The third-order valence-corrected chi connectivity index (χ3v) is 6.81. The van der Waals surface area contributed by atoms with Gasteiger partial charge in [0.2, 0.25) is 11.8 Å². The normalized spacial score (nSPS) is 20.9. The molecule has 36 heavy (non-hydrogen) atoms. The molecule has 0 unspecified atom stereocenters. The first-order chi connectivity index (χ1) is 17.6. The number of para-hydroxylation sites is 1. The maximum atomic E-state index is 13.5. The Morgan fingerprint density at radius 1 is 1.22 bits per heavy atom. The van der Waals surface area contributed by atoms with Crippen molar-refractivity contribution in [3.8, 4) is 5.75 Å². The van der Waals surface area contributed by atoms with E-state index in [1.165, 1.54) is 0 Å². The van der Waals surface area contributed by atoms with Gasteiger partial charge < -0.3 is 19.7 Å². The molecule has 1 fully saturated rings. The van der Waals surface area contributed by atoms with E-state index in [0.29, 0.717) is 58.9 Å². The molecule has 2 aliphatic rings. The Labute approximate surface area is 213 Å². The third kappa shape index (κ3) is 7.38. The van der Waals surface area contributed by atoms with E-state index in [0.717, 1.165) is 23.3 Å². The van der Waals surface area contributed by atoms with Crippen LogP contribution in [0.1, 0.15) is 24.0 Å². The fraction of sp³-hybridized carbons (Fsp3) is 0.464. The first-order valence-corrected chi connectivity index (χ1v) is 12.6. The van der Waals surface area contributed by atoms with Gasteiger partial charge in [0, 0.05) is 64.2 Å². The van der Waals surface area contributed by atoms with Crippen LogP contribution in [-0.4, -0.2) is 73.1 Å². The molecule has 2 bridgehead atoms. The van der Waals surface area contributed by atoms with E-state index in [-0.39, 0.29) is 23.7 Å². The van der Waals surface area contributed by atoms with Crippen molar-refractivity contribution in [1.29, 1.82) is 0 Å². The van der Waals surface area contributed by atoms with E-state index in [4.69, 9.17) is 9.47 Å². The molecule has 1 aromatic carbocycles. The number of hydrogen-bond acceptors (Lipinski definition) is 6. The zero-order valence-electron chi connectivity index (χ0n) is 21.0. The van der Waals surface area contributed by atoms with Gasteiger partial charge in [-0.3, -0.25) is 19.5 Å². The molecule has 4 rings (SSSR count). The van der Waals surface area contributed by atoms with Crippen LogP contribution in [0.25, 0.3) is 0 Å². The van der Waals surface area contributed by atoms with Crippen LogP contribution in [0.4, 0.5) is 0 Å². The lowest BCUT2D eigenvalue weighted by Gasteiger charge is -2.38. The van der Waals surface area contributed by atoms with Crippen LogP contribution in [0.2, 0.25) is 0 Å². The number of nitrogens with zero attached hydrogens (tertiary/aromatic N) is 3. The highest BCUT2D eigenvalue weighted by Crippen LogP contribution is 2.29. The van der Waals surface area contributed by atoms with Gasteiger partial charge in [0.05, 0.1) is 13.2 Å². The minimum atomic E-state index is 0.0287. The van der Waals surface area contributed by atoms with E-state index in [1.54, 1.807) is 13.3 Å². The van der Waals surface area contributed by atoms with E-state index < -0.39 is 0 Å². The fourth-order valence-corrected chi connectivity index (χ4v) is 4.92. The molecule has 0 aliphatic carbocycles. The first kappa shape index (κ1) is 25.9. The summed E-state index contributed by atoms with van der Waals surface area (Å²) in [6, 6.07) is 11.9. The van der Waals surface area contributed by atoms with Gasteiger partial charge in [-0.05, 0) is 36.0 Å².